The first-order chi connectivity index (χ1) is 9.76. The van der Waals surface area contributed by atoms with Crippen molar-refractivity contribution in [2.75, 3.05) is 6.79 Å². The highest BCUT2D eigenvalue weighted by Gasteiger charge is 2.18. The number of carbonyl (C=O) groups is 1. The van der Waals surface area contributed by atoms with Crippen LogP contribution in [-0.2, 0) is 11.2 Å². The molecule has 0 aliphatic carbocycles. The molecule has 1 atom stereocenters. The van der Waals surface area contributed by atoms with Gasteiger partial charge in [0.15, 0.2) is 11.5 Å². The van der Waals surface area contributed by atoms with Gasteiger partial charge < -0.3 is 14.3 Å². The summed E-state index contributed by atoms with van der Waals surface area (Å²) in [7, 11) is 0. The molecular formula is C16H13FO3. The molecule has 0 spiro atoms. The van der Waals surface area contributed by atoms with Crippen LogP contribution in [0.25, 0.3) is 0 Å². The standard InChI is InChI=1S/C16H13FO3/c17-14-4-1-11(2-5-14)7-13(9-18)12-3-6-15-16(8-12)20-10-19-15/h1-6,8-9,13H,7,10H2. The minimum Gasteiger partial charge on any atom is -0.454 e. The number of halogens is 1. The highest BCUT2D eigenvalue weighted by atomic mass is 19.1. The SMILES string of the molecule is O=CC(Cc1ccc(F)cc1)c1ccc2c(c1)OCO2. The predicted molar refractivity (Wildman–Crippen MR) is 71.5 cm³/mol. The lowest BCUT2D eigenvalue weighted by atomic mass is 9.93. The largest absolute Gasteiger partial charge is 0.454 e. The molecule has 0 saturated carbocycles. The van der Waals surface area contributed by atoms with Crippen molar-refractivity contribution in [1.82, 2.24) is 0 Å². The predicted octanol–water partition coefficient (Wildman–Crippen LogP) is 3.08. The van der Waals surface area contributed by atoms with Crippen molar-refractivity contribution in [3.63, 3.8) is 0 Å². The Morgan fingerprint density at radius 1 is 1.10 bits per heavy atom. The molecule has 0 N–H and O–H groups in total. The molecule has 0 fully saturated rings. The quantitative estimate of drug-likeness (QED) is 0.802. The number of carbonyl (C=O) groups excluding carboxylic acids is 1. The Morgan fingerprint density at radius 2 is 1.85 bits per heavy atom. The Balaban J connectivity index is 1.82. The second-order valence-electron chi connectivity index (χ2n) is 4.69. The van der Waals surface area contributed by atoms with Gasteiger partial charge in [0.2, 0.25) is 6.79 Å². The molecule has 0 amide bonds. The molecular weight excluding hydrogens is 259 g/mol. The van der Waals surface area contributed by atoms with Gasteiger partial charge in [-0.2, -0.15) is 0 Å². The summed E-state index contributed by atoms with van der Waals surface area (Å²) in [6.45, 7) is 0.211. The Bertz CT molecular complexity index is 622. The van der Waals surface area contributed by atoms with Crippen LogP contribution in [0, 0.1) is 5.82 Å². The monoisotopic (exact) mass is 272 g/mol. The second kappa shape index (κ2) is 5.33. The fourth-order valence-electron chi connectivity index (χ4n) is 2.26. The zero-order valence-electron chi connectivity index (χ0n) is 10.7. The lowest BCUT2D eigenvalue weighted by Crippen LogP contribution is -2.04. The summed E-state index contributed by atoms with van der Waals surface area (Å²) in [6, 6.07) is 11.7. The van der Waals surface area contributed by atoms with E-state index in [-0.39, 0.29) is 18.5 Å². The van der Waals surface area contributed by atoms with Crippen LogP contribution in [-0.4, -0.2) is 13.1 Å². The molecule has 2 aromatic rings. The molecule has 0 saturated heterocycles. The summed E-state index contributed by atoms with van der Waals surface area (Å²) in [5.41, 5.74) is 1.79. The number of aldehydes is 1. The second-order valence-corrected chi connectivity index (χ2v) is 4.69. The van der Waals surface area contributed by atoms with Gasteiger partial charge in [0.05, 0.1) is 0 Å². The van der Waals surface area contributed by atoms with E-state index in [1.807, 2.05) is 12.1 Å². The molecule has 20 heavy (non-hydrogen) atoms. The van der Waals surface area contributed by atoms with Crippen molar-refractivity contribution in [2.24, 2.45) is 0 Å². The summed E-state index contributed by atoms with van der Waals surface area (Å²) in [4.78, 5) is 11.3. The number of hydrogen-bond donors (Lipinski definition) is 0. The lowest BCUT2D eigenvalue weighted by molar-refractivity contribution is -0.109. The molecule has 0 bridgehead atoms. The Kier molecular flexibility index (Phi) is 3.37. The number of rotatable bonds is 4. The van der Waals surface area contributed by atoms with Crippen molar-refractivity contribution < 1.29 is 18.7 Å². The number of hydrogen-bond acceptors (Lipinski definition) is 3. The highest BCUT2D eigenvalue weighted by molar-refractivity contribution is 5.64. The molecule has 0 aromatic heterocycles. The maximum atomic E-state index is 12.9. The van der Waals surface area contributed by atoms with E-state index in [2.05, 4.69) is 0 Å². The number of benzene rings is 2. The Morgan fingerprint density at radius 3 is 2.60 bits per heavy atom. The van der Waals surface area contributed by atoms with Gasteiger partial charge in [-0.25, -0.2) is 4.39 Å². The van der Waals surface area contributed by atoms with E-state index in [0.29, 0.717) is 17.9 Å². The van der Waals surface area contributed by atoms with E-state index in [0.717, 1.165) is 17.4 Å². The van der Waals surface area contributed by atoms with E-state index >= 15 is 0 Å². The van der Waals surface area contributed by atoms with Gasteiger partial charge in [-0.15, -0.1) is 0 Å². The van der Waals surface area contributed by atoms with Crippen molar-refractivity contribution in [1.29, 1.82) is 0 Å². The first-order valence-corrected chi connectivity index (χ1v) is 6.35. The van der Waals surface area contributed by atoms with Crippen LogP contribution in [0.5, 0.6) is 11.5 Å². The van der Waals surface area contributed by atoms with Gasteiger partial charge in [-0.1, -0.05) is 18.2 Å². The zero-order chi connectivity index (χ0) is 13.9. The van der Waals surface area contributed by atoms with Gasteiger partial charge in [-0.3, -0.25) is 0 Å². The summed E-state index contributed by atoms with van der Waals surface area (Å²) >= 11 is 0. The topological polar surface area (TPSA) is 35.5 Å². The first-order valence-electron chi connectivity index (χ1n) is 6.35. The average molecular weight is 272 g/mol. The molecule has 2 aromatic carbocycles. The van der Waals surface area contributed by atoms with Crippen LogP contribution in [0.2, 0.25) is 0 Å². The van der Waals surface area contributed by atoms with E-state index in [4.69, 9.17) is 9.47 Å². The molecule has 1 aliphatic rings. The molecule has 3 nitrogen and oxygen atoms in total. The maximum absolute atomic E-state index is 12.9. The Hall–Kier alpha value is -2.36. The zero-order valence-corrected chi connectivity index (χ0v) is 10.7. The molecule has 102 valence electrons. The summed E-state index contributed by atoms with van der Waals surface area (Å²) in [6.07, 6.45) is 1.43. The van der Waals surface area contributed by atoms with Crippen LogP contribution in [0.3, 0.4) is 0 Å². The van der Waals surface area contributed by atoms with E-state index in [9.17, 15) is 9.18 Å². The normalized spacial score (nSPS) is 14.1. The first kappa shape index (κ1) is 12.7. The summed E-state index contributed by atoms with van der Waals surface area (Å²) < 4.78 is 23.4. The summed E-state index contributed by atoms with van der Waals surface area (Å²) in [5, 5.41) is 0. The molecule has 1 aliphatic heterocycles. The van der Waals surface area contributed by atoms with Crippen molar-refractivity contribution in [3.8, 4) is 11.5 Å². The van der Waals surface area contributed by atoms with Crippen LogP contribution >= 0.6 is 0 Å². The minimum atomic E-state index is -0.282. The molecule has 3 rings (SSSR count). The third-order valence-corrected chi connectivity index (χ3v) is 3.36. The smallest absolute Gasteiger partial charge is 0.231 e. The summed E-state index contributed by atoms with van der Waals surface area (Å²) in [5.74, 6) is 0.795. The van der Waals surface area contributed by atoms with Crippen LogP contribution in [0.4, 0.5) is 4.39 Å². The van der Waals surface area contributed by atoms with Gasteiger partial charge in [0, 0.05) is 5.92 Å². The van der Waals surface area contributed by atoms with Gasteiger partial charge in [-0.05, 0) is 41.8 Å². The molecule has 4 heteroatoms. The van der Waals surface area contributed by atoms with Crippen molar-refractivity contribution in [3.05, 3.63) is 59.4 Å². The van der Waals surface area contributed by atoms with Gasteiger partial charge in [0.25, 0.3) is 0 Å². The van der Waals surface area contributed by atoms with Crippen molar-refractivity contribution >= 4 is 6.29 Å². The van der Waals surface area contributed by atoms with E-state index < -0.39 is 0 Å². The molecule has 1 heterocycles. The van der Waals surface area contributed by atoms with Gasteiger partial charge >= 0.3 is 0 Å². The third kappa shape index (κ3) is 2.50. The highest BCUT2D eigenvalue weighted by Crippen LogP contribution is 2.35. The third-order valence-electron chi connectivity index (χ3n) is 3.36. The molecule has 0 radical (unpaired) electrons. The van der Waals surface area contributed by atoms with Crippen LogP contribution in [0.15, 0.2) is 42.5 Å². The van der Waals surface area contributed by atoms with E-state index in [1.165, 1.54) is 12.1 Å². The molecule has 1 unspecified atom stereocenters. The van der Waals surface area contributed by atoms with Crippen molar-refractivity contribution in [2.45, 2.75) is 12.3 Å². The fourth-order valence-corrected chi connectivity index (χ4v) is 2.26. The fraction of sp³-hybridized carbons (Fsp3) is 0.188. The Labute approximate surface area is 115 Å². The van der Waals surface area contributed by atoms with Crippen LogP contribution < -0.4 is 9.47 Å². The minimum absolute atomic E-state index is 0.211. The average Bonchev–Trinajstić information content (AvgIpc) is 2.94. The number of ether oxygens (including phenoxy) is 2. The lowest BCUT2D eigenvalue weighted by Gasteiger charge is -2.11. The maximum Gasteiger partial charge on any atom is 0.231 e. The number of fused-ring (bicyclic) bond motifs is 1. The van der Waals surface area contributed by atoms with Crippen LogP contribution in [0.1, 0.15) is 17.0 Å². The van der Waals surface area contributed by atoms with Gasteiger partial charge in [0.1, 0.15) is 12.1 Å². The van der Waals surface area contributed by atoms with E-state index in [1.54, 1.807) is 18.2 Å².